The summed E-state index contributed by atoms with van der Waals surface area (Å²) in [6.07, 6.45) is 4.49. The van der Waals surface area contributed by atoms with Gasteiger partial charge in [-0.1, -0.05) is 0 Å². The molecule has 0 aromatic rings. The van der Waals surface area contributed by atoms with Crippen LogP contribution in [0.3, 0.4) is 0 Å². The van der Waals surface area contributed by atoms with Gasteiger partial charge in [-0.25, -0.2) is 4.79 Å². The number of hydrogen-bond donors (Lipinski definition) is 3. The molecule has 3 unspecified atom stereocenters. The molecule has 0 aromatic heterocycles. The maximum absolute atomic E-state index is 11.8. The number of hydrogen-bond acceptors (Lipinski definition) is 4. The predicted molar refractivity (Wildman–Crippen MR) is 57.5 cm³/mol. The second kappa shape index (κ2) is 3.69. The fourth-order valence-electron chi connectivity index (χ4n) is 2.68. The van der Waals surface area contributed by atoms with Gasteiger partial charge < -0.3 is 20.3 Å². The first-order valence-electron chi connectivity index (χ1n) is 5.86. The van der Waals surface area contributed by atoms with Gasteiger partial charge in [0.25, 0.3) is 0 Å². The topological polar surface area (TPSA) is 82.0 Å². The van der Waals surface area contributed by atoms with Crippen molar-refractivity contribution >= 4 is 6.03 Å². The number of aliphatic hydroxyl groups is 2. The van der Waals surface area contributed by atoms with Crippen LogP contribution in [-0.4, -0.2) is 46.3 Å². The maximum Gasteiger partial charge on any atom is 0.325 e. The molecule has 17 heavy (non-hydrogen) atoms. The molecule has 1 saturated heterocycles. The van der Waals surface area contributed by atoms with Crippen molar-refractivity contribution in [3.63, 3.8) is 0 Å². The zero-order chi connectivity index (χ0) is 12.0. The molecular formula is C11H16N2O4. The van der Waals surface area contributed by atoms with Crippen LogP contribution in [0.25, 0.3) is 0 Å². The quantitative estimate of drug-likeness (QED) is 0.620. The van der Waals surface area contributed by atoms with Crippen molar-refractivity contribution in [3.8, 4) is 0 Å². The number of carbonyl (C=O) groups is 1. The lowest BCUT2D eigenvalue weighted by Gasteiger charge is -2.32. The van der Waals surface area contributed by atoms with E-state index >= 15 is 0 Å². The molecule has 3 rings (SSSR count). The summed E-state index contributed by atoms with van der Waals surface area (Å²) in [6.45, 7) is -0.0138. The number of aliphatic hydroxyl groups excluding tert-OH is 2. The van der Waals surface area contributed by atoms with Crippen LogP contribution >= 0.6 is 0 Å². The Balaban J connectivity index is 1.80. The molecular weight excluding hydrogens is 224 g/mol. The summed E-state index contributed by atoms with van der Waals surface area (Å²) in [4.78, 5) is 13.2. The van der Waals surface area contributed by atoms with E-state index in [-0.39, 0.29) is 30.4 Å². The molecule has 1 spiro atoms. The summed E-state index contributed by atoms with van der Waals surface area (Å²) in [5.74, 6) is 0. The van der Waals surface area contributed by atoms with Gasteiger partial charge >= 0.3 is 6.03 Å². The molecule has 2 aliphatic heterocycles. The average molecular weight is 240 g/mol. The fourth-order valence-corrected chi connectivity index (χ4v) is 2.68. The van der Waals surface area contributed by atoms with Crippen LogP contribution in [0, 0.1) is 5.41 Å². The van der Waals surface area contributed by atoms with Gasteiger partial charge in [0.2, 0.25) is 0 Å². The molecule has 3 N–H and O–H groups in total. The Hall–Kier alpha value is -1.11. The summed E-state index contributed by atoms with van der Waals surface area (Å²) in [7, 11) is 0. The molecule has 0 bridgehead atoms. The lowest BCUT2D eigenvalue weighted by molar-refractivity contribution is -0.0540. The lowest BCUT2D eigenvalue weighted by atomic mass is 10.00. The lowest BCUT2D eigenvalue weighted by Crippen LogP contribution is -2.51. The van der Waals surface area contributed by atoms with Crippen molar-refractivity contribution in [3.05, 3.63) is 12.3 Å². The predicted octanol–water partition coefficient (Wildman–Crippen LogP) is -0.269. The number of amides is 2. The van der Waals surface area contributed by atoms with Gasteiger partial charge in [-0.2, -0.15) is 0 Å². The Morgan fingerprint density at radius 2 is 2.35 bits per heavy atom. The van der Waals surface area contributed by atoms with Crippen LogP contribution in [0.5, 0.6) is 0 Å². The van der Waals surface area contributed by atoms with E-state index in [2.05, 4.69) is 5.32 Å². The molecule has 0 radical (unpaired) electrons. The van der Waals surface area contributed by atoms with Crippen molar-refractivity contribution < 1.29 is 19.7 Å². The highest BCUT2D eigenvalue weighted by atomic mass is 16.5. The molecule has 94 valence electrons. The van der Waals surface area contributed by atoms with E-state index < -0.39 is 6.23 Å². The Labute approximate surface area is 98.9 Å². The van der Waals surface area contributed by atoms with Crippen molar-refractivity contribution in [2.45, 2.75) is 37.8 Å². The summed E-state index contributed by atoms with van der Waals surface area (Å²) >= 11 is 0. The maximum atomic E-state index is 11.8. The standard InChI is InChI=1S/C11H16N2O4/c14-6-7-5-11(2-3-11)9(17-7)13-4-1-8(15)12-10(13)16/h1,4,7-9,14-15H,2-3,5-6H2,(H,12,16). The van der Waals surface area contributed by atoms with E-state index in [9.17, 15) is 9.90 Å². The van der Waals surface area contributed by atoms with Crippen molar-refractivity contribution in [2.24, 2.45) is 5.41 Å². The second-order valence-electron chi connectivity index (χ2n) is 5.00. The van der Waals surface area contributed by atoms with Gasteiger partial charge in [-0.3, -0.25) is 4.90 Å². The molecule has 2 heterocycles. The molecule has 1 saturated carbocycles. The van der Waals surface area contributed by atoms with Crippen molar-refractivity contribution in [1.82, 2.24) is 10.2 Å². The van der Waals surface area contributed by atoms with E-state index in [1.165, 1.54) is 11.0 Å². The third-order valence-corrected chi connectivity index (χ3v) is 3.76. The number of nitrogens with zero attached hydrogens (tertiary/aromatic N) is 1. The van der Waals surface area contributed by atoms with Crippen LogP contribution in [0.4, 0.5) is 4.79 Å². The van der Waals surface area contributed by atoms with E-state index in [4.69, 9.17) is 9.84 Å². The molecule has 2 fully saturated rings. The van der Waals surface area contributed by atoms with Crippen LogP contribution in [0.15, 0.2) is 12.3 Å². The molecule has 3 atom stereocenters. The zero-order valence-corrected chi connectivity index (χ0v) is 9.37. The molecule has 1 aliphatic carbocycles. The molecule has 6 nitrogen and oxygen atoms in total. The summed E-state index contributed by atoms with van der Waals surface area (Å²) < 4.78 is 5.72. The van der Waals surface area contributed by atoms with Crippen molar-refractivity contribution in [2.75, 3.05) is 6.61 Å². The highest BCUT2D eigenvalue weighted by molar-refractivity contribution is 5.77. The fraction of sp³-hybridized carbons (Fsp3) is 0.727. The van der Waals surface area contributed by atoms with E-state index in [1.807, 2.05) is 0 Å². The smallest absolute Gasteiger partial charge is 0.325 e. The van der Waals surface area contributed by atoms with Gasteiger partial charge in [0, 0.05) is 11.6 Å². The van der Waals surface area contributed by atoms with Gasteiger partial charge in [0.1, 0.15) is 12.5 Å². The summed E-state index contributed by atoms with van der Waals surface area (Å²) in [6, 6.07) is -0.352. The highest BCUT2D eigenvalue weighted by Gasteiger charge is 2.59. The Morgan fingerprint density at radius 1 is 1.59 bits per heavy atom. The van der Waals surface area contributed by atoms with Crippen LogP contribution in [0.1, 0.15) is 19.3 Å². The minimum Gasteiger partial charge on any atom is -0.394 e. The number of carbonyl (C=O) groups excluding carboxylic acids is 1. The molecule has 3 aliphatic rings. The number of ether oxygens (including phenoxy) is 1. The Kier molecular flexibility index (Phi) is 2.39. The number of urea groups is 1. The molecule has 2 amide bonds. The average Bonchev–Trinajstić information content (AvgIpc) is 2.95. The molecule has 6 heteroatoms. The Morgan fingerprint density at radius 3 is 2.94 bits per heavy atom. The SMILES string of the molecule is O=C1NC(O)C=CN1C1OC(CO)CC12CC2. The second-order valence-corrected chi connectivity index (χ2v) is 5.00. The number of nitrogens with one attached hydrogen (secondary N) is 1. The van der Waals surface area contributed by atoms with Crippen LogP contribution in [-0.2, 0) is 4.74 Å². The van der Waals surface area contributed by atoms with Gasteiger partial charge in [-0.15, -0.1) is 0 Å². The van der Waals surface area contributed by atoms with E-state index in [0.29, 0.717) is 0 Å². The van der Waals surface area contributed by atoms with Crippen LogP contribution in [0.2, 0.25) is 0 Å². The first kappa shape index (κ1) is 11.0. The van der Waals surface area contributed by atoms with E-state index in [1.54, 1.807) is 6.20 Å². The normalized spacial score (nSPS) is 38.6. The Bertz CT molecular complexity index is 366. The number of rotatable bonds is 2. The van der Waals surface area contributed by atoms with E-state index in [0.717, 1.165) is 19.3 Å². The molecule has 0 aromatic carbocycles. The third kappa shape index (κ3) is 1.72. The van der Waals surface area contributed by atoms with Crippen molar-refractivity contribution in [1.29, 1.82) is 0 Å². The summed E-state index contributed by atoms with van der Waals surface area (Å²) in [5.41, 5.74) is 0.0113. The van der Waals surface area contributed by atoms with Gasteiger partial charge in [0.05, 0.1) is 12.7 Å². The van der Waals surface area contributed by atoms with Gasteiger partial charge in [0.15, 0.2) is 0 Å². The highest BCUT2D eigenvalue weighted by Crippen LogP contribution is 2.58. The minimum absolute atomic E-state index is 0.0113. The largest absolute Gasteiger partial charge is 0.394 e. The third-order valence-electron chi connectivity index (χ3n) is 3.76. The summed E-state index contributed by atoms with van der Waals surface area (Å²) in [5, 5.41) is 20.8. The first-order valence-corrected chi connectivity index (χ1v) is 5.86. The first-order chi connectivity index (χ1) is 8.14. The van der Waals surface area contributed by atoms with Crippen LogP contribution < -0.4 is 5.32 Å². The minimum atomic E-state index is -0.927. The zero-order valence-electron chi connectivity index (χ0n) is 9.37. The van der Waals surface area contributed by atoms with Gasteiger partial charge in [-0.05, 0) is 25.3 Å². The monoisotopic (exact) mass is 240 g/mol.